The Morgan fingerprint density at radius 2 is 2.41 bits per heavy atom. The van der Waals surface area contributed by atoms with Crippen LogP contribution in [0, 0.1) is 0 Å². The Bertz CT molecular complexity index is 419. The third kappa shape index (κ3) is 3.19. The quantitative estimate of drug-likeness (QED) is 0.735. The molecule has 1 amide bonds. The number of amides is 1. The summed E-state index contributed by atoms with van der Waals surface area (Å²) in [5.41, 5.74) is 0.836. The van der Waals surface area contributed by atoms with Crippen LogP contribution in [0.1, 0.15) is 43.6 Å². The van der Waals surface area contributed by atoms with E-state index in [0.29, 0.717) is 18.9 Å². The van der Waals surface area contributed by atoms with Crippen molar-refractivity contribution >= 4 is 5.91 Å². The number of aromatic nitrogens is 1. The summed E-state index contributed by atoms with van der Waals surface area (Å²) in [6.07, 6.45) is 6.58. The van der Waals surface area contributed by atoms with Gasteiger partial charge in [0.05, 0.1) is 6.54 Å². The first kappa shape index (κ1) is 11.9. The Labute approximate surface area is 101 Å². The molecule has 1 fully saturated rings. The lowest BCUT2D eigenvalue weighted by molar-refractivity contribution is -0.129. The van der Waals surface area contributed by atoms with Crippen LogP contribution in [0.15, 0.2) is 22.7 Å². The van der Waals surface area contributed by atoms with E-state index in [9.17, 15) is 4.79 Å². The molecule has 0 N–H and O–H groups in total. The SMILES string of the molecule is CC=CCC(=O)N(C)Cc1cc(C2CC2)on1. The average molecular weight is 234 g/mol. The van der Waals surface area contributed by atoms with Gasteiger partial charge in [-0.1, -0.05) is 17.3 Å². The van der Waals surface area contributed by atoms with Crippen molar-refractivity contribution in [2.24, 2.45) is 0 Å². The Kier molecular flexibility index (Phi) is 3.61. The molecular weight excluding hydrogens is 216 g/mol. The summed E-state index contributed by atoms with van der Waals surface area (Å²) in [7, 11) is 1.79. The lowest BCUT2D eigenvalue weighted by Gasteiger charge is -2.13. The molecule has 0 atom stereocenters. The van der Waals surface area contributed by atoms with Gasteiger partial charge in [-0.15, -0.1) is 0 Å². The number of carbonyl (C=O) groups is 1. The maximum atomic E-state index is 11.7. The Morgan fingerprint density at radius 3 is 3.06 bits per heavy atom. The molecule has 1 heterocycles. The van der Waals surface area contributed by atoms with Crippen LogP contribution in [-0.2, 0) is 11.3 Å². The maximum absolute atomic E-state index is 11.7. The predicted octanol–water partition coefficient (Wildman–Crippen LogP) is 2.48. The molecule has 0 aromatic carbocycles. The molecule has 0 radical (unpaired) electrons. The molecule has 17 heavy (non-hydrogen) atoms. The summed E-state index contributed by atoms with van der Waals surface area (Å²) in [4.78, 5) is 13.4. The minimum atomic E-state index is 0.0964. The van der Waals surface area contributed by atoms with E-state index in [-0.39, 0.29) is 5.91 Å². The number of hydrogen-bond acceptors (Lipinski definition) is 3. The minimum Gasteiger partial charge on any atom is -0.361 e. The number of allylic oxidation sites excluding steroid dienone is 1. The molecule has 1 aliphatic carbocycles. The average Bonchev–Trinajstić information content (AvgIpc) is 3.07. The lowest BCUT2D eigenvalue weighted by Crippen LogP contribution is -2.25. The second kappa shape index (κ2) is 5.17. The second-order valence-electron chi connectivity index (χ2n) is 4.52. The molecule has 4 heteroatoms. The van der Waals surface area contributed by atoms with E-state index in [4.69, 9.17) is 4.52 Å². The van der Waals surface area contributed by atoms with Gasteiger partial charge in [-0.05, 0) is 19.8 Å². The van der Waals surface area contributed by atoms with E-state index in [1.165, 1.54) is 12.8 Å². The highest BCUT2D eigenvalue weighted by Crippen LogP contribution is 2.40. The van der Waals surface area contributed by atoms with E-state index < -0.39 is 0 Å². The first-order valence-corrected chi connectivity index (χ1v) is 6.01. The number of rotatable bonds is 5. The molecule has 1 saturated carbocycles. The fourth-order valence-electron chi connectivity index (χ4n) is 1.67. The van der Waals surface area contributed by atoms with Crippen molar-refractivity contribution in [1.82, 2.24) is 10.1 Å². The molecule has 2 rings (SSSR count). The molecule has 0 spiro atoms. The van der Waals surface area contributed by atoms with E-state index >= 15 is 0 Å². The summed E-state index contributed by atoms with van der Waals surface area (Å²) >= 11 is 0. The Morgan fingerprint density at radius 1 is 1.65 bits per heavy atom. The number of nitrogens with zero attached hydrogens (tertiary/aromatic N) is 2. The van der Waals surface area contributed by atoms with E-state index in [1.54, 1.807) is 11.9 Å². The lowest BCUT2D eigenvalue weighted by atomic mass is 10.2. The van der Waals surface area contributed by atoms with Gasteiger partial charge in [-0.3, -0.25) is 4.79 Å². The van der Waals surface area contributed by atoms with Gasteiger partial charge in [0.1, 0.15) is 11.5 Å². The third-order valence-electron chi connectivity index (χ3n) is 2.91. The summed E-state index contributed by atoms with van der Waals surface area (Å²) in [6.45, 7) is 2.43. The van der Waals surface area contributed by atoms with E-state index in [1.807, 2.05) is 25.1 Å². The molecule has 92 valence electrons. The van der Waals surface area contributed by atoms with Crippen molar-refractivity contribution in [3.8, 4) is 0 Å². The van der Waals surface area contributed by atoms with Crippen LogP contribution in [0.4, 0.5) is 0 Å². The van der Waals surface area contributed by atoms with Crippen LogP contribution in [-0.4, -0.2) is 23.0 Å². The summed E-state index contributed by atoms with van der Waals surface area (Å²) in [6, 6.07) is 1.97. The standard InChI is InChI=1S/C13H18N2O2/c1-3-4-5-13(16)15(2)9-11-8-12(17-14-11)10-6-7-10/h3-4,8,10H,5-7,9H2,1-2H3. The Balaban J connectivity index is 1.87. The number of carbonyl (C=O) groups excluding carboxylic acids is 1. The molecule has 1 aromatic heterocycles. The predicted molar refractivity (Wildman–Crippen MR) is 64.4 cm³/mol. The minimum absolute atomic E-state index is 0.0964. The molecule has 1 aromatic rings. The van der Waals surface area contributed by atoms with Crippen molar-refractivity contribution in [3.05, 3.63) is 29.7 Å². The first-order valence-electron chi connectivity index (χ1n) is 6.01. The van der Waals surface area contributed by atoms with Gasteiger partial charge in [-0.25, -0.2) is 0 Å². The molecule has 0 bridgehead atoms. The Hall–Kier alpha value is -1.58. The third-order valence-corrected chi connectivity index (χ3v) is 2.91. The summed E-state index contributed by atoms with van der Waals surface area (Å²) < 4.78 is 5.25. The van der Waals surface area contributed by atoms with Crippen molar-refractivity contribution < 1.29 is 9.32 Å². The van der Waals surface area contributed by atoms with Crippen LogP contribution >= 0.6 is 0 Å². The number of hydrogen-bond donors (Lipinski definition) is 0. The van der Waals surface area contributed by atoms with Gasteiger partial charge in [0.25, 0.3) is 0 Å². The smallest absolute Gasteiger partial charge is 0.226 e. The van der Waals surface area contributed by atoms with Gasteiger partial charge >= 0.3 is 0 Å². The van der Waals surface area contributed by atoms with Gasteiger partial charge < -0.3 is 9.42 Å². The van der Waals surface area contributed by atoms with Crippen molar-refractivity contribution in [1.29, 1.82) is 0 Å². The highest BCUT2D eigenvalue weighted by molar-refractivity contribution is 5.77. The molecule has 0 saturated heterocycles. The monoisotopic (exact) mass is 234 g/mol. The fraction of sp³-hybridized carbons (Fsp3) is 0.538. The molecule has 4 nitrogen and oxygen atoms in total. The highest BCUT2D eigenvalue weighted by Gasteiger charge is 2.28. The maximum Gasteiger partial charge on any atom is 0.226 e. The fourth-order valence-corrected chi connectivity index (χ4v) is 1.67. The zero-order chi connectivity index (χ0) is 12.3. The van der Waals surface area contributed by atoms with Gasteiger partial charge in [0.15, 0.2) is 0 Å². The molecule has 0 unspecified atom stereocenters. The van der Waals surface area contributed by atoms with Gasteiger partial charge in [-0.2, -0.15) is 0 Å². The second-order valence-corrected chi connectivity index (χ2v) is 4.52. The zero-order valence-corrected chi connectivity index (χ0v) is 10.3. The van der Waals surface area contributed by atoms with E-state index in [2.05, 4.69) is 5.16 Å². The molecular formula is C13H18N2O2. The molecule has 1 aliphatic rings. The van der Waals surface area contributed by atoms with Crippen molar-refractivity contribution in [2.45, 2.75) is 38.6 Å². The van der Waals surface area contributed by atoms with Crippen LogP contribution in [0.2, 0.25) is 0 Å². The van der Waals surface area contributed by atoms with E-state index in [0.717, 1.165) is 11.5 Å². The van der Waals surface area contributed by atoms with Crippen LogP contribution in [0.3, 0.4) is 0 Å². The van der Waals surface area contributed by atoms with Crippen molar-refractivity contribution in [2.75, 3.05) is 7.05 Å². The van der Waals surface area contributed by atoms with Crippen LogP contribution < -0.4 is 0 Å². The first-order chi connectivity index (χ1) is 8.20. The summed E-state index contributed by atoms with van der Waals surface area (Å²) in [5, 5.41) is 3.99. The normalized spacial score (nSPS) is 15.4. The topological polar surface area (TPSA) is 46.3 Å². The largest absolute Gasteiger partial charge is 0.361 e. The van der Waals surface area contributed by atoms with Crippen molar-refractivity contribution in [3.63, 3.8) is 0 Å². The van der Waals surface area contributed by atoms with Crippen LogP contribution in [0.25, 0.3) is 0 Å². The molecule has 0 aliphatic heterocycles. The zero-order valence-electron chi connectivity index (χ0n) is 10.3. The van der Waals surface area contributed by atoms with Gasteiger partial charge in [0.2, 0.25) is 5.91 Å². The van der Waals surface area contributed by atoms with Gasteiger partial charge in [0, 0.05) is 25.5 Å². The highest BCUT2D eigenvalue weighted by atomic mass is 16.5. The summed E-state index contributed by atoms with van der Waals surface area (Å²) in [5.74, 6) is 1.63. The van der Waals surface area contributed by atoms with Crippen LogP contribution in [0.5, 0.6) is 0 Å².